The standard InChI is InChI=1S/C17H12N4O2S3/c1-2-23-9-3-4-10-12(7-9)26-16(18-10)19-14(22)13-8-11-15(25-13)20-17-21(11)5-6-24-17/h3-8H,2H2,1H3,(H,18,19,22). The summed E-state index contributed by atoms with van der Waals surface area (Å²) in [6.07, 6.45) is 1.97. The Morgan fingerprint density at radius 2 is 2.19 bits per heavy atom. The topological polar surface area (TPSA) is 68.5 Å². The molecule has 9 heteroatoms. The number of anilines is 1. The SMILES string of the molecule is CCOc1ccc2nc(NC(=O)c3cc4c(nc5sccn54)s3)sc2c1. The van der Waals surface area contributed by atoms with Crippen LogP contribution in [0.15, 0.2) is 35.8 Å². The molecule has 1 N–H and O–H groups in total. The number of hydrogen-bond donors (Lipinski definition) is 1. The van der Waals surface area contributed by atoms with Crippen molar-refractivity contribution in [2.45, 2.75) is 6.92 Å². The van der Waals surface area contributed by atoms with Gasteiger partial charge >= 0.3 is 0 Å². The fraction of sp³-hybridized carbons (Fsp3) is 0.118. The lowest BCUT2D eigenvalue weighted by Crippen LogP contribution is -2.09. The fourth-order valence-electron chi connectivity index (χ4n) is 2.73. The Labute approximate surface area is 159 Å². The monoisotopic (exact) mass is 400 g/mol. The molecule has 0 aliphatic carbocycles. The van der Waals surface area contributed by atoms with Crippen LogP contribution in [0.4, 0.5) is 5.13 Å². The van der Waals surface area contributed by atoms with Crippen LogP contribution in [0.5, 0.6) is 5.75 Å². The molecule has 0 bridgehead atoms. The van der Waals surface area contributed by atoms with E-state index in [1.165, 1.54) is 22.7 Å². The molecular weight excluding hydrogens is 388 g/mol. The molecule has 0 spiro atoms. The number of nitrogens with zero attached hydrogens (tertiary/aromatic N) is 3. The van der Waals surface area contributed by atoms with Gasteiger partial charge in [0.25, 0.3) is 5.91 Å². The fourth-order valence-corrected chi connectivity index (χ4v) is 5.32. The molecule has 130 valence electrons. The molecule has 0 unspecified atom stereocenters. The van der Waals surface area contributed by atoms with E-state index in [2.05, 4.69) is 15.3 Å². The lowest BCUT2D eigenvalue weighted by molar-refractivity contribution is 0.103. The van der Waals surface area contributed by atoms with Crippen LogP contribution in [-0.4, -0.2) is 26.9 Å². The largest absolute Gasteiger partial charge is 0.494 e. The molecule has 4 aromatic heterocycles. The van der Waals surface area contributed by atoms with Gasteiger partial charge in [-0.3, -0.25) is 14.5 Å². The van der Waals surface area contributed by atoms with Gasteiger partial charge in [0.2, 0.25) is 0 Å². The third-order valence-electron chi connectivity index (χ3n) is 3.85. The van der Waals surface area contributed by atoms with Crippen LogP contribution in [0.2, 0.25) is 0 Å². The van der Waals surface area contributed by atoms with Gasteiger partial charge in [0.15, 0.2) is 10.1 Å². The number of aromatic nitrogens is 3. The first kappa shape index (κ1) is 15.7. The molecule has 5 aromatic rings. The number of nitrogens with one attached hydrogen (secondary N) is 1. The summed E-state index contributed by atoms with van der Waals surface area (Å²) in [5.74, 6) is 0.641. The predicted molar refractivity (Wildman–Crippen MR) is 107 cm³/mol. The van der Waals surface area contributed by atoms with Gasteiger partial charge in [-0.1, -0.05) is 11.3 Å². The first-order valence-corrected chi connectivity index (χ1v) is 10.4. The summed E-state index contributed by atoms with van der Waals surface area (Å²) in [6.45, 7) is 2.57. The van der Waals surface area contributed by atoms with E-state index in [4.69, 9.17) is 4.74 Å². The average Bonchev–Trinajstić information content (AvgIpc) is 3.34. The molecule has 1 aromatic carbocycles. The van der Waals surface area contributed by atoms with Gasteiger partial charge in [0.1, 0.15) is 10.6 Å². The van der Waals surface area contributed by atoms with Crippen LogP contribution in [0.25, 0.3) is 25.5 Å². The van der Waals surface area contributed by atoms with Gasteiger partial charge in [0, 0.05) is 11.6 Å². The molecular formula is C17H12N4O2S3. The molecule has 0 saturated carbocycles. The van der Waals surface area contributed by atoms with E-state index < -0.39 is 0 Å². The van der Waals surface area contributed by atoms with Gasteiger partial charge in [-0.25, -0.2) is 9.97 Å². The zero-order chi connectivity index (χ0) is 17.7. The highest BCUT2D eigenvalue weighted by molar-refractivity contribution is 7.23. The van der Waals surface area contributed by atoms with Crippen molar-refractivity contribution in [3.63, 3.8) is 0 Å². The molecule has 0 aliphatic rings. The van der Waals surface area contributed by atoms with Crippen molar-refractivity contribution in [1.82, 2.24) is 14.4 Å². The maximum absolute atomic E-state index is 12.6. The minimum absolute atomic E-state index is 0.166. The first-order chi connectivity index (χ1) is 12.7. The van der Waals surface area contributed by atoms with E-state index in [0.29, 0.717) is 16.6 Å². The summed E-state index contributed by atoms with van der Waals surface area (Å²) < 4.78 is 8.49. The van der Waals surface area contributed by atoms with Crippen molar-refractivity contribution >= 4 is 70.6 Å². The number of hydrogen-bond acceptors (Lipinski definition) is 7. The number of imidazole rings is 1. The van der Waals surface area contributed by atoms with Gasteiger partial charge in [0.05, 0.1) is 27.2 Å². The smallest absolute Gasteiger partial charge is 0.267 e. The number of ether oxygens (including phenoxy) is 1. The normalized spacial score (nSPS) is 11.6. The van der Waals surface area contributed by atoms with Gasteiger partial charge in [-0.2, -0.15) is 0 Å². The lowest BCUT2D eigenvalue weighted by Gasteiger charge is -2.00. The van der Waals surface area contributed by atoms with E-state index in [0.717, 1.165) is 31.3 Å². The zero-order valence-electron chi connectivity index (χ0n) is 13.6. The number of carbonyl (C=O) groups excluding carboxylic acids is 1. The Bertz CT molecular complexity index is 1260. The van der Waals surface area contributed by atoms with E-state index in [9.17, 15) is 4.79 Å². The van der Waals surface area contributed by atoms with Gasteiger partial charge < -0.3 is 4.74 Å². The highest BCUT2D eigenvalue weighted by atomic mass is 32.1. The molecule has 6 nitrogen and oxygen atoms in total. The number of fused-ring (bicyclic) bond motifs is 4. The Morgan fingerprint density at radius 1 is 1.27 bits per heavy atom. The summed E-state index contributed by atoms with van der Waals surface area (Å²) >= 11 is 4.41. The number of benzene rings is 1. The maximum Gasteiger partial charge on any atom is 0.267 e. The quantitative estimate of drug-likeness (QED) is 0.467. The van der Waals surface area contributed by atoms with Crippen LogP contribution in [-0.2, 0) is 0 Å². The number of amides is 1. The molecule has 0 fully saturated rings. The molecule has 0 saturated heterocycles. The van der Waals surface area contributed by atoms with Crippen LogP contribution in [0.3, 0.4) is 0 Å². The van der Waals surface area contributed by atoms with Crippen molar-refractivity contribution in [2.75, 3.05) is 11.9 Å². The number of carbonyl (C=O) groups is 1. The van der Waals surface area contributed by atoms with Crippen molar-refractivity contribution in [2.24, 2.45) is 0 Å². The second-order valence-electron chi connectivity index (χ2n) is 5.50. The lowest BCUT2D eigenvalue weighted by atomic mass is 10.3. The second kappa shape index (κ2) is 6.04. The molecule has 0 atom stereocenters. The second-order valence-corrected chi connectivity index (χ2v) is 8.44. The molecule has 0 radical (unpaired) electrons. The van der Waals surface area contributed by atoms with Crippen molar-refractivity contribution in [3.05, 3.63) is 40.7 Å². The molecule has 4 heterocycles. The molecule has 5 rings (SSSR count). The predicted octanol–water partition coefficient (Wildman–Crippen LogP) is 4.87. The van der Waals surface area contributed by atoms with E-state index >= 15 is 0 Å². The Hall–Kier alpha value is -2.49. The van der Waals surface area contributed by atoms with Crippen LogP contribution < -0.4 is 10.1 Å². The van der Waals surface area contributed by atoms with Crippen LogP contribution >= 0.6 is 34.0 Å². The zero-order valence-corrected chi connectivity index (χ0v) is 16.0. The minimum atomic E-state index is -0.166. The highest BCUT2D eigenvalue weighted by Gasteiger charge is 2.16. The Kier molecular flexibility index (Phi) is 3.66. The van der Waals surface area contributed by atoms with Crippen LogP contribution in [0.1, 0.15) is 16.6 Å². The van der Waals surface area contributed by atoms with Gasteiger partial charge in [-0.05, 0) is 31.2 Å². The third kappa shape index (κ3) is 2.56. The third-order valence-corrected chi connectivity index (χ3v) is 6.56. The minimum Gasteiger partial charge on any atom is -0.494 e. The Balaban J connectivity index is 1.43. The van der Waals surface area contributed by atoms with E-state index in [1.807, 2.05) is 47.2 Å². The van der Waals surface area contributed by atoms with E-state index in [-0.39, 0.29) is 5.91 Å². The summed E-state index contributed by atoms with van der Waals surface area (Å²) in [4.78, 5) is 24.1. The highest BCUT2D eigenvalue weighted by Crippen LogP contribution is 2.31. The summed E-state index contributed by atoms with van der Waals surface area (Å²) in [6, 6.07) is 7.61. The molecule has 1 amide bonds. The van der Waals surface area contributed by atoms with E-state index in [1.54, 1.807) is 11.3 Å². The van der Waals surface area contributed by atoms with Crippen molar-refractivity contribution in [1.29, 1.82) is 0 Å². The number of thiophene rings is 1. The molecule has 0 aliphatic heterocycles. The Morgan fingerprint density at radius 3 is 3.08 bits per heavy atom. The maximum atomic E-state index is 12.6. The summed E-state index contributed by atoms with van der Waals surface area (Å²) in [5, 5.41) is 5.46. The summed E-state index contributed by atoms with van der Waals surface area (Å²) in [7, 11) is 0. The average molecular weight is 401 g/mol. The number of thiazole rings is 2. The van der Waals surface area contributed by atoms with Crippen molar-refractivity contribution < 1.29 is 9.53 Å². The number of rotatable bonds is 4. The van der Waals surface area contributed by atoms with Crippen molar-refractivity contribution in [3.8, 4) is 5.75 Å². The molecule has 26 heavy (non-hydrogen) atoms. The first-order valence-electron chi connectivity index (χ1n) is 7.91. The summed E-state index contributed by atoms with van der Waals surface area (Å²) in [5.41, 5.74) is 1.80. The van der Waals surface area contributed by atoms with Gasteiger partial charge in [-0.15, -0.1) is 22.7 Å². The van der Waals surface area contributed by atoms with Crippen LogP contribution in [0, 0.1) is 0 Å².